The largest absolute Gasteiger partial charge is 0.497 e. The van der Waals surface area contributed by atoms with E-state index in [1.807, 2.05) is 24.3 Å². The van der Waals surface area contributed by atoms with Crippen molar-refractivity contribution < 1.29 is 9.57 Å². The lowest BCUT2D eigenvalue weighted by Gasteiger charge is -2.12. The van der Waals surface area contributed by atoms with Gasteiger partial charge in [0.25, 0.3) is 0 Å². The Morgan fingerprint density at radius 3 is 2.85 bits per heavy atom. The molecule has 1 unspecified atom stereocenters. The zero-order valence-corrected chi connectivity index (χ0v) is 11.6. The number of rotatable bonds is 3. The van der Waals surface area contributed by atoms with E-state index < -0.39 is 0 Å². The topological polar surface area (TPSA) is 34.1 Å². The first-order chi connectivity index (χ1) is 9.85. The molecule has 4 nitrogen and oxygen atoms in total. The molecule has 1 aromatic rings. The Labute approximate surface area is 119 Å². The van der Waals surface area contributed by atoms with E-state index in [0.29, 0.717) is 12.5 Å². The smallest absolute Gasteiger partial charge is 0.177 e. The molecule has 4 heteroatoms. The highest BCUT2D eigenvalue weighted by Gasteiger charge is 2.35. The first-order valence-corrected chi connectivity index (χ1v) is 6.89. The summed E-state index contributed by atoms with van der Waals surface area (Å²) < 4.78 is 5.10. The fourth-order valence-electron chi connectivity index (χ4n) is 2.67. The van der Waals surface area contributed by atoms with Gasteiger partial charge in [0.15, 0.2) is 6.61 Å². The van der Waals surface area contributed by atoms with Crippen LogP contribution in [0.4, 0.5) is 0 Å². The number of piperidine rings is 1. The van der Waals surface area contributed by atoms with Crippen LogP contribution in [0.3, 0.4) is 0 Å². The summed E-state index contributed by atoms with van der Waals surface area (Å²) in [6.07, 6.45) is 1.22. The van der Waals surface area contributed by atoms with Gasteiger partial charge in [-0.05, 0) is 37.2 Å². The third-order valence-corrected chi connectivity index (χ3v) is 3.77. The third-order valence-electron chi connectivity index (χ3n) is 3.77. The van der Waals surface area contributed by atoms with Crippen molar-refractivity contribution >= 4 is 5.71 Å². The molecule has 20 heavy (non-hydrogen) atoms. The van der Waals surface area contributed by atoms with E-state index in [4.69, 9.17) is 9.57 Å². The molecule has 0 aromatic heterocycles. The van der Waals surface area contributed by atoms with Gasteiger partial charge in [-0.1, -0.05) is 17.0 Å². The predicted molar refractivity (Wildman–Crippen MR) is 77.8 cm³/mol. The lowest BCUT2D eigenvalue weighted by molar-refractivity contribution is 0.177. The lowest BCUT2D eigenvalue weighted by Crippen LogP contribution is -2.23. The molecule has 2 bridgehead atoms. The minimum absolute atomic E-state index is 0.336. The summed E-state index contributed by atoms with van der Waals surface area (Å²) in [5.74, 6) is 7.47. The van der Waals surface area contributed by atoms with E-state index in [9.17, 15) is 0 Å². The zero-order valence-electron chi connectivity index (χ0n) is 11.6. The van der Waals surface area contributed by atoms with Crippen molar-refractivity contribution in [2.24, 2.45) is 11.1 Å². The zero-order chi connectivity index (χ0) is 13.8. The van der Waals surface area contributed by atoms with Crippen molar-refractivity contribution in [2.45, 2.75) is 6.42 Å². The van der Waals surface area contributed by atoms with Crippen LogP contribution in [-0.2, 0) is 4.84 Å². The van der Waals surface area contributed by atoms with Crippen LogP contribution in [0.1, 0.15) is 12.0 Å². The SMILES string of the molecule is COc1ccc(C#CCO/N=C2\CN3CC[C@@H]2C3)cc1. The number of nitrogens with zero attached hydrogens (tertiary/aromatic N) is 2. The number of methoxy groups -OCH3 is 1. The molecule has 3 rings (SSSR count). The molecule has 0 saturated carbocycles. The minimum atomic E-state index is 0.336. The Balaban J connectivity index is 1.48. The number of fused-ring (bicyclic) bond motifs is 2. The lowest BCUT2D eigenvalue weighted by atomic mass is 10.0. The van der Waals surface area contributed by atoms with Gasteiger partial charge in [-0.15, -0.1) is 0 Å². The molecule has 0 radical (unpaired) electrons. The van der Waals surface area contributed by atoms with Crippen LogP contribution in [0.5, 0.6) is 5.75 Å². The van der Waals surface area contributed by atoms with Gasteiger partial charge in [-0.3, -0.25) is 4.90 Å². The molecule has 2 saturated heterocycles. The maximum atomic E-state index is 5.30. The Morgan fingerprint density at radius 1 is 1.35 bits per heavy atom. The van der Waals surface area contributed by atoms with Crippen molar-refractivity contribution in [3.05, 3.63) is 29.8 Å². The second kappa shape index (κ2) is 5.98. The summed E-state index contributed by atoms with van der Waals surface area (Å²) in [6, 6.07) is 7.66. The van der Waals surface area contributed by atoms with Gasteiger partial charge in [-0.25, -0.2) is 0 Å². The highest BCUT2D eigenvalue weighted by Crippen LogP contribution is 2.25. The average Bonchev–Trinajstić information content (AvgIpc) is 3.10. The summed E-state index contributed by atoms with van der Waals surface area (Å²) >= 11 is 0. The summed E-state index contributed by atoms with van der Waals surface area (Å²) in [5.41, 5.74) is 2.13. The molecular weight excluding hydrogens is 252 g/mol. The normalized spacial score (nSPS) is 25.4. The van der Waals surface area contributed by atoms with E-state index in [2.05, 4.69) is 21.9 Å². The molecule has 0 aliphatic carbocycles. The first kappa shape index (κ1) is 13.0. The van der Waals surface area contributed by atoms with Gasteiger partial charge in [0.1, 0.15) is 5.75 Å². The molecular formula is C16H18N2O2. The Bertz CT molecular complexity index is 554. The standard InChI is InChI=1S/C16H18N2O2/c1-19-15-6-4-13(5-7-15)3-2-10-20-17-16-12-18-9-8-14(16)11-18/h4-7,14H,8-12H2,1H3/b17-16+/t14-/m1/s1. The third kappa shape index (κ3) is 2.94. The highest BCUT2D eigenvalue weighted by molar-refractivity contribution is 5.91. The monoisotopic (exact) mass is 270 g/mol. The van der Waals surface area contributed by atoms with Gasteiger partial charge in [-0.2, -0.15) is 0 Å². The summed E-state index contributed by atoms with van der Waals surface area (Å²) in [7, 11) is 1.65. The van der Waals surface area contributed by atoms with E-state index in [-0.39, 0.29) is 0 Å². The Morgan fingerprint density at radius 2 is 2.20 bits per heavy atom. The quantitative estimate of drug-likeness (QED) is 0.477. The Kier molecular flexibility index (Phi) is 3.89. The highest BCUT2D eigenvalue weighted by atomic mass is 16.6. The molecule has 0 N–H and O–H groups in total. The van der Waals surface area contributed by atoms with Crippen molar-refractivity contribution in [1.29, 1.82) is 0 Å². The summed E-state index contributed by atoms with van der Waals surface area (Å²) in [4.78, 5) is 7.71. The number of hydrogen-bond acceptors (Lipinski definition) is 4. The van der Waals surface area contributed by atoms with E-state index in [1.54, 1.807) is 7.11 Å². The number of oxime groups is 1. The summed E-state index contributed by atoms with van der Waals surface area (Å²) in [6.45, 7) is 3.67. The van der Waals surface area contributed by atoms with Gasteiger partial charge < -0.3 is 9.57 Å². The molecule has 2 fully saturated rings. The number of benzene rings is 1. The van der Waals surface area contributed by atoms with E-state index >= 15 is 0 Å². The Hall–Kier alpha value is -1.99. The van der Waals surface area contributed by atoms with E-state index in [1.165, 1.54) is 18.7 Å². The molecule has 104 valence electrons. The van der Waals surface area contributed by atoms with Crippen molar-refractivity contribution in [3.63, 3.8) is 0 Å². The van der Waals surface area contributed by atoms with Gasteiger partial charge >= 0.3 is 0 Å². The van der Waals surface area contributed by atoms with Crippen LogP contribution in [-0.4, -0.2) is 44.0 Å². The van der Waals surface area contributed by atoms with Crippen LogP contribution in [0.2, 0.25) is 0 Å². The molecule has 0 spiro atoms. The van der Waals surface area contributed by atoms with Crippen LogP contribution in [0.25, 0.3) is 0 Å². The number of ether oxygens (including phenoxy) is 1. The predicted octanol–water partition coefficient (Wildman–Crippen LogP) is 1.75. The van der Waals surface area contributed by atoms with Crippen molar-refractivity contribution in [3.8, 4) is 17.6 Å². The fourth-order valence-corrected chi connectivity index (χ4v) is 2.67. The van der Waals surface area contributed by atoms with E-state index in [0.717, 1.165) is 24.4 Å². The number of hydrogen-bond donors (Lipinski definition) is 0. The molecule has 2 aliphatic heterocycles. The molecule has 2 heterocycles. The second-order valence-corrected chi connectivity index (χ2v) is 5.11. The van der Waals surface area contributed by atoms with Crippen molar-refractivity contribution in [1.82, 2.24) is 4.90 Å². The molecule has 0 amide bonds. The van der Waals surface area contributed by atoms with Crippen LogP contribution in [0.15, 0.2) is 29.4 Å². The van der Waals surface area contributed by atoms with Gasteiger partial charge in [0.2, 0.25) is 0 Å². The second-order valence-electron chi connectivity index (χ2n) is 5.11. The maximum Gasteiger partial charge on any atom is 0.177 e. The first-order valence-electron chi connectivity index (χ1n) is 6.89. The minimum Gasteiger partial charge on any atom is -0.497 e. The van der Waals surface area contributed by atoms with Crippen molar-refractivity contribution in [2.75, 3.05) is 33.4 Å². The molecule has 1 aromatic carbocycles. The molecule has 2 atom stereocenters. The summed E-state index contributed by atoms with van der Waals surface area (Å²) in [5, 5.41) is 4.22. The fraction of sp³-hybridized carbons (Fsp3) is 0.438. The van der Waals surface area contributed by atoms with Crippen LogP contribution < -0.4 is 4.74 Å². The molecule has 2 aliphatic rings. The van der Waals surface area contributed by atoms with Gasteiger partial charge in [0, 0.05) is 24.6 Å². The van der Waals surface area contributed by atoms with Gasteiger partial charge in [0.05, 0.1) is 12.8 Å². The average molecular weight is 270 g/mol. The van der Waals surface area contributed by atoms with Crippen LogP contribution in [0, 0.1) is 17.8 Å². The maximum absolute atomic E-state index is 5.30. The van der Waals surface area contributed by atoms with Crippen LogP contribution >= 0.6 is 0 Å².